The Labute approximate surface area is 148 Å². The van der Waals surface area contributed by atoms with Crippen LogP contribution in [0.15, 0.2) is 36.4 Å². The van der Waals surface area contributed by atoms with Crippen LogP contribution in [0.2, 0.25) is 0 Å². The van der Waals surface area contributed by atoms with Crippen LogP contribution in [0.4, 0.5) is 11.4 Å². The average Bonchev–Trinajstić information content (AvgIpc) is 2.57. The Bertz CT molecular complexity index is 781. The Balaban J connectivity index is 1.62. The van der Waals surface area contributed by atoms with Crippen LogP contribution in [0, 0.1) is 30.9 Å². The molecule has 1 aliphatic rings. The van der Waals surface area contributed by atoms with Gasteiger partial charge < -0.3 is 9.64 Å². The normalized spacial score (nSPS) is 15.2. The van der Waals surface area contributed by atoms with E-state index in [1.807, 2.05) is 6.92 Å². The fourth-order valence-electron chi connectivity index (χ4n) is 3.43. The molecule has 0 N–H and O–H groups in total. The van der Waals surface area contributed by atoms with Crippen LogP contribution in [0.1, 0.15) is 29.5 Å². The third-order valence-corrected chi connectivity index (χ3v) is 4.80. The minimum atomic E-state index is -0.376. The quantitative estimate of drug-likeness (QED) is 0.604. The number of non-ortho nitro benzene ring substituents is 1. The molecule has 0 saturated carbocycles. The lowest BCUT2D eigenvalue weighted by atomic mass is 10.0. The minimum absolute atomic E-state index is 0.106. The number of hydrogen-bond donors (Lipinski definition) is 0. The maximum absolute atomic E-state index is 10.8. The lowest BCUT2D eigenvalue weighted by molar-refractivity contribution is -0.384. The van der Waals surface area contributed by atoms with E-state index < -0.39 is 0 Å². The van der Waals surface area contributed by atoms with Gasteiger partial charge in [0.1, 0.15) is 11.9 Å². The Kier molecular flexibility index (Phi) is 4.93. The van der Waals surface area contributed by atoms with Crippen molar-refractivity contribution in [3.05, 3.63) is 63.2 Å². The first-order chi connectivity index (χ1) is 11.9. The van der Waals surface area contributed by atoms with Crippen LogP contribution in [-0.4, -0.2) is 24.1 Å². The van der Waals surface area contributed by atoms with Crippen molar-refractivity contribution in [2.75, 3.05) is 18.0 Å². The van der Waals surface area contributed by atoms with E-state index in [-0.39, 0.29) is 16.7 Å². The van der Waals surface area contributed by atoms with Gasteiger partial charge in [-0.25, -0.2) is 0 Å². The Morgan fingerprint density at radius 1 is 1.04 bits per heavy atom. The number of ether oxygens (including phenoxy) is 1. The molecule has 0 aromatic heterocycles. The van der Waals surface area contributed by atoms with Crippen molar-refractivity contribution in [3.63, 3.8) is 0 Å². The standard InChI is InChI=1S/C20H24N2O3/c1-14-4-6-19(15(2)12-14)21-10-8-18(9-11-21)25-20-7-5-17(22(23)24)13-16(20)3/h4-7,12-13,18H,8-11H2,1-3H3. The number of piperidine rings is 1. The monoisotopic (exact) mass is 340 g/mol. The van der Waals surface area contributed by atoms with Gasteiger partial charge in [0.15, 0.2) is 0 Å². The summed E-state index contributed by atoms with van der Waals surface area (Å²) >= 11 is 0. The van der Waals surface area contributed by atoms with Crippen molar-refractivity contribution in [3.8, 4) is 5.75 Å². The van der Waals surface area contributed by atoms with E-state index in [4.69, 9.17) is 4.74 Å². The topological polar surface area (TPSA) is 55.6 Å². The van der Waals surface area contributed by atoms with Gasteiger partial charge in [0, 0.05) is 43.8 Å². The lowest BCUT2D eigenvalue weighted by Crippen LogP contribution is -2.38. The maximum Gasteiger partial charge on any atom is 0.269 e. The molecule has 1 fully saturated rings. The van der Waals surface area contributed by atoms with Crippen molar-refractivity contribution in [1.82, 2.24) is 0 Å². The summed E-state index contributed by atoms with van der Waals surface area (Å²) in [6, 6.07) is 11.4. The number of hydrogen-bond acceptors (Lipinski definition) is 4. The maximum atomic E-state index is 10.8. The third-order valence-electron chi connectivity index (χ3n) is 4.80. The molecule has 0 unspecified atom stereocenters. The Hall–Kier alpha value is -2.56. The number of rotatable bonds is 4. The molecular weight excluding hydrogens is 316 g/mol. The zero-order valence-corrected chi connectivity index (χ0v) is 15.0. The molecule has 25 heavy (non-hydrogen) atoms. The highest BCUT2D eigenvalue weighted by Gasteiger charge is 2.22. The average molecular weight is 340 g/mol. The van der Waals surface area contributed by atoms with Crippen molar-refractivity contribution in [1.29, 1.82) is 0 Å². The Morgan fingerprint density at radius 2 is 1.76 bits per heavy atom. The van der Waals surface area contributed by atoms with Crippen LogP contribution in [0.5, 0.6) is 5.75 Å². The molecule has 0 spiro atoms. The summed E-state index contributed by atoms with van der Waals surface area (Å²) in [5.74, 6) is 0.746. The van der Waals surface area contributed by atoms with Gasteiger partial charge in [-0.15, -0.1) is 0 Å². The van der Waals surface area contributed by atoms with Crippen molar-refractivity contribution < 1.29 is 9.66 Å². The number of benzene rings is 2. The van der Waals surface area contributed by atoms with Gasteiger partial charge in [0.2, 0.25) is 0 Å². The van der Waals surface area contributed by atoms with Gasteiger partial charge in [-0.3, -0.25) is 10.1 Å². The Morgan fingerprint density at radius 3 is 2.36 bits per heavy atom. The van der Waals surface area contributed by atoms with Crippen molar-refractivity contribution in [2.45, 2.75) is 39.7 Å². The second-order valence-electron chi connectivity index (χ2n) is 6.80. The molecule has 2 aromatic rings. The predicted octanol–water partition coefficient (Wildman–Crippen LogP) is 4.57. The molecule has 0 atom stereocenters. The number of nitro groups is 1. The van der Waals surface area contributed by atoms with Gasteiger partial charge in [0.25, 0.3) is 5.69 Å². The molecule has 5 nitrogen and oxygen atoms in total. The van der Waals surface area contributed by atoms with Crippen LogP contribution >= 0.6 is 0 Å². The first kappa shape index (κ1) is 17.3. The SMILES string of the molecule is Cc1ccc(N2CCC(Oc3ccc([N+](=O)[O-])cc3C)CC2)c(C)c1. The summed E-state index contributed by atoms with van der Waals surface area (Å²) in [6.45, 7) is 8.04. The zero-order chi connectivity index (χ0) is 18.0. The third kappa shape index (κ3) is 3.92. The van der Waals surface area contributed by atoms with Crippen LogP contribution < -0.4 is 9.64 Å². The molecule has 0 radical (unpaired) electrons. The van der Waals surface area contributed by atoms with Gasteiger partial charge >= 0.3 is 0 Å². The molecule has 132 valence electrons. The molecule has 1 aliphatic heterocycles. The van der Waals surface area contributed by atoms with Gasteiger partial charge in [-0.2, -0.15) is 0 Å². The fraction of sp³-hybridized carbons (Fsp3) is 0.400. The molecular formula is C20H24N2O3. The highest BCUT2D eigenvalue weighted by molar-refractivity contribution is 5.54. The summed E-state index contributed by atoms with van der Waals surface area (Å²) in [5.41, 5.74) is 4.81. The summed E-state index contributed by atoms with van der Waals surface area (Å²) < 4.78 is 6.11. The minimum Gasteiger partial charge on any atom is -0.490 e. The summed E-state index contributed by atoms with van der Waals surface area (Å²) in [5, 5.41) is 10.8. The number of nitrogens with zero attached hydrogens (tertiary/aromatic N) is 2. The van der Waals surface area contributed by atoms with Gasteiger partial charge in [-0.1, -0.05) is 17.7 Å². The largest absolute Gasteiger partial charge is 0.490 e. The molecule has 1 heterocycles. The number of anilines is 1. The molecule has 0 bridgehead atoms. The van der Waals surface area contributed by atoms with E-state index >= 15 is 0 Å². The van der Waals surface area contributed by atoms with Gasteiger partial charge in [-0.05, 0) is 44.0 Å². The molecule has 1 saturated heterocycles. The van der Waals surface area contributed by atoms with Gasteiger partial charge in [0.05, 0.1) is 4.92 Å². The zero-order valence-electron chi connectivity index (χ0n) is 15.0. The van der Waals surface area contributed by atoms with Crippen LogP contribution in [-0.2, 0) is 0 Å². The number of aryl methyl sites for hydroxylation is 3. The van der Waals surface area contributed by atoms with E-state index in [0.717, 1.165) is 37.2 Å². The lowest BCUT2D eigenvalue weighted by Gasteiger charge is -2.34. The first-order valence-corrected chi connectivity index (χ1v) is 8.68. The predicted molar refractivity (Wildman–Crippen MR) is 99.6 cm³/mol. The molecule has 5 heteroatoms. The highest BCUT2D eigenvalue weighted by Crippen LogP contribution is 2.29. The van der Waals surface area contributed by atoms with E-state index in [2.05, 4.69) is 36.9 Å². The van der Waals surface area contributed by atoms with Crippen molar-refractivity contribution >= 4 is 11.4 Å². The molecule has 2 aromatic carbocycles. The number of nitro benzene ring substituents is 1. The smallest absolute Gasteiger partial charge is 0.269 e. The van der Waals surface area contributed by atoms with Crippen LogP contribution in [0.25, 0.3) is 0 Å². The first-order valence-electron chi connectivity index (χ1n) is 8.68. The highest BCUT2D eigenvalue weighted by atomic mass is 16.6. The van der Waals surface area contributed by atoms with E-state index in [9.17, 15) is 10.1 Å². The fourth-order valence-corrected chi connectivity index (χ4v) is 3.43. The summed E-state index contributed by atoms with van der Waals surface area (Å²) in [4.78, 5) is 12.9. The van der Waals surface area contributed by atoms with Crippen LogP contribution in [0.3, 0.4) is 0 Å². The second-order valence-corrected chi connectivity index (χ2v) is 6.80. The molecule has 0 aliphatic carbocycles. The summed E-state index contributed by atoms with van der Waals surface area (Å²) in [7, 11) is 0. The second kappa shape index (κ2) is 7.13. The molecule has 3 rings (SSSR count). The van der Waals surface area contributed by atoms with Crippen molar-refractivity contribution in [2.24, 2.45) is 0 Å². The van der Waals surface area contributed by atoms with E-state index in [1.54, 1.807) is 12.1 Å². The molecule has 0 amide bonds. The van der Waals surface area contributed by atoms with E-state index in [0.29, 0.717) is 0 Å². The van der Waals surface area contributed by atoms with E-state index in [1.165, 1.54) is 22.9 Å². The summed E-state index contributed by atoms with van der Waals surface area (Å²) in [6.07, 6.45) is 2.05.